The van der Waals surface area contributed by atoms with Gasteiger partial charge in [-0.15, -0.1) is 0 Å². The minimum Gasteiger partial charge on any atom is -0.480 e. The molecule has 0 spiro atoms. The molecule has 1 aliphatic heterocycles. The monoisotopic (exact) mass is 318 g/mol. The first-order chi connectivity index (χ1) is 11.2. The fraction of sp³-hybridized carbons (Fsp3) is 0.632. The number of para-hydroxylation sites is 1. The molecule has 128 valence electrons. The Hall–Kier alpha value is -1.55. The van der Waals surface area contributed by atoms with Gasteiger partial charge in [0.05, 0.1) is 0 Å². The van der Waals surface area contributed by atoms with Crippen LogP contribution in [0.15, 0.2) is 24.3 Å². The standard InChI is InChI=1S/C19H30N2O2/c1-3-17(23-18-11-6-5-10-16(18)2)19(22)20-12-9-15-21-13-7-4-8-14-21/h5-6,10-11,17H,3-4,7-9,12-15H2,1-2H3,(H,20,22). The van der Waals surface area contributed by atoms with Crippen LogP contribution < -0.4 is 10.1 Å². The van der Waals surface area contributed by atoms with E-state index in [4.69, 9.17) is 4.74 Å². The Kier molecular flexibility index (Phi) is 7.40. The summed E-state index contributed by atoms with van der Waals surface area (Å²) < 4.78 is 5.88. The molecule has 1 fully saturated rings. The van der Waals surface area contributed by atoms with Crippen molar-refractivity contribution in [3.63, 3.8) is 0 Å². The number of likely N-dealkylation sites (tertiary alicyclic amines) is 1. The van der Waals surface area contributed by atoms with Gasteiger partial charge >= 0.3 is 0 Å². The highest BCUT2D eigenvalue weighted by Gasteiger charge is 2.18. The molecule has 1 atom stereocenters. The molecule has 1 heterocycles. The van der Waals surface area contributed by atoms with E-state index in [-0.39, 0.29) is 5.91 Å². The Morgan fingerprint density at radius 3 is 2.70 bits per heavy atom. The van der Waals surface area contributed by atoms with E-state index in [0.717, 1.165) is 30.8 Å². The number of benzene rings is 1. The van der Waals surface area contributed by atoms with E-state index in [0.29, 0.717) is 6.42 Å². The lowest BCUT2D eigenvalue weighted by atomic mass is 10.1. The van der Waals surface area contributed by atoms with E-state index in [9.17, 15) is 4.79 Å². The number of nitrogens with one attached hydrogen (secondary N) is 1. The van der Waals surface area contributed by atoms with Gasteiger partial charge in [0.15, 0.2) is 6.10 Å². The number of carbonyl (C=O) groups is 1. The van der Waals surface area contributed by atoms with Crippen molar-refractivity contribution in [2.24, 2.45) is 0 Å². The lowest BCUT2D eigenvalue weighted by Crippen LogP contribution is -2.39. The van der Waals surface area contributed by atoms with E-state index >= 15 is 0 Å². The largest absolute Gasteiger partial charge is 0.480 e. The molecule has 0 bridgehead atoms. The second-order valence-electron chi connectivity index (χ2n) is 6.33. The highest BCUT2D eigenvalue weighted by molar-refractivity contribution is 5.81. The first-order valence-corrected chi connectivity index (χ1v) is 8.93. The number of carbonyl (C=O) groups excluding carboxylic acids is 1. The first kappa shape index (κ1) is 17.8. The molecule has 0 radical (unpaired) electrons. The molecule has 1 unspecified atom stereocenters. The van der Waals surface area contributed by atoms with Crippen molar-refractivity contribution in [1.82, 2.24) is 10.2 Å². The molecule has 1 saturated heterocycles. The third-order valence-electron chi connectivity index (χ3n) is 4.43. The van der Waals surface area contributed by atoms with Gasteiger partial charge < -0.3 is 15.0 Å². The summed E-state index contributed by atoms with van der Waals surface area (Å²) in [4.78, 5) is 14.8. The van der Waals surface area contributed by atoms with E-state index in [2.05, 4.69) is 10.2 Å². The molecule has 0 aromatic heterocycles. The quantitative estimate of drug-likeness (QED) is 0.749. The molecule has 1 N–H and O–H groups in total. The van der Waals surface area contributed by atoms with Crippen molar-refractivity contribution in [3.05, 3.63) is 29.8 Å². The maximum absolute atomic E-state index is 12.3. The van der Waals surface area contributed by atoms with E-state index in [1.54, 1.807) is 0 Å². The zero-order valence-corrected chi connectivity index (χ0v) is 14.5. The van der Waals surface area contributed by atoms with Gasteiger partial charge in [-0.2, -0.15) is 0 Å². The summed E-state index contributed by atoms with van der Waals surface area (Å²) in [6.07, 6.45) is 5.26. The molecule has 0 saturated carbocycles. The summed E-state index contributed by atoms with van der Waals surface area (Å²) in [7, 11) is 0. The average Bonchev–Trinajstić information content (AvgIpc) is 2.59. The normalized spacial score (nSPS) is 16.8. The lowest BCUT2D eigenvalue weighted by molar-refractivity contribution is -0.128. The van der Waals surface area contributed by atoms with Crippen LogP contribution in [0.2, 0.25) is 0 Å². The molecule has 1 amide bonds. The molecule has 2 rings (SSSR count). The Balaban J connectivity index is 1.71. The van der Waals surface area contributed by atoms with E-state index in [1.165, 1.54) is 32.4 Å². The van der Waals surface area contributed by atoms with Gasteiger partial charge in [0, 0.05) is 6.54 Å². The summed E-state index contributed by atoms with van der Waals surface area (Å²) >= 11 is 0. The van der Waals surface area contributed by atoms with Crippen molar-refractivity contribution in [2.45, 2.75) is 52.1 Å². The van der Waals surface area contributed by atoms with Crippen molar-refractivity contribution >= 4 is 5.91 Å². The van der Waals surface area contributed by atoms with Crippen LogP contribution in [0, 0.1) is 6.92 Å². The Labute approximate surface area is 140 Å². The molecular weight excluding hydrogens is 288 g/mol. The second kappa shape index (κ2) is 9.56. The number of aryl methyl sites for hydroxylation is 1. The van der Waals surface area contributed by atoms with Crippen LogP contribution in [0.4, 0.5) is 0 Å². The predicted molar refractivity (Wildman–Crippen MR) is 93.8 cm³/mol. The fourth-order valence-electron chi connectivity index (χ4n) is 2.98. The summed E-state index contributed by atoms with van der Waals surface area (Å²) in [5.74, 6) is 0.789. The Bertz CT molecular complexity index is 484. The highest BCUT2D eigenvalue weighted by atomic mass is 16.5. The topological polar surface area (TPSA) is 41.6 Å². The fourth-order valence-corrected chi connectivity index (χ4v) is 2.98. The minimum absolute atomic E-state index is 0.00519. The van der Waals surface area contributed by atoms with Gasteiger partial charge in [-0.05, 0) is 63.9 Å². The zero-order valence-electron chi connectivity index (χ0n) is 14.5. The molecule has 1 aromatic rings. The Morgan fingerprint density at radius 2 is 2.00 bits per heavy atom. The van der Waals surface area contributed by atoms with Crippen molar-refractivity contribution < 1.29 is 9.53 Å². The summed E-state index contributed by atoms with van der Waals surface area (Å²) in [5, 5.41) is 3.02. The maximum atomic E-state index is 12.3. The number of hydrogen-bond donors (Lipinski definition) is 1. The summed E-state index contributed by atoms with van der Waals surface area (Å²) in [6, 6.07) is 7.83. The van der Waals surface area contributed by atoms with Crippen LogP contribution in [0.3, 0.4) is 0 Å². The van der Waals surface area contributed by atoms with Gasteiger partial charge in [0.1, 0.15) is 5.75 Å². The molecule has 1 aromatic carbocycles. The lowest BCUT2D eigenvalue weighted by Gasteiger charge is -2.26. The third kappa shape index (κ3) is 5.87. The Morgan fingerprint density at radius 1 is 1.26 bits per heavy atom. The molecule has 1 aliphatic rings. The first-order valence-electron chi connectivity index (χ1n) is 8.93. The van der Waals surface area contributed by atoms with Crippen LogP contribution in [0.1, 0.15) is 44.6 Å². The summed E-state index contributed by atoms with van der Waals surface area (Å²) in [6.45, 7) is 8.21. The average molecular weight is 318 g/mol. The van der Waals surface area contributed by atoms with E-state index in [1.807, 2.05) is 38.1 Å². The summed E-state index contributed by atoms with van der Waals surface area (Å²) in [5.41, 5.74) is 1.06. The maximum Gasteiger partial charge on any atom is 0.261 e. The molecule has 4 nitrogen and oxygen atoms in total. The van der Waals surface area contributed by atoms with Crippen LogP contribution in [0.5, 0.6) is 5.75 Å². The van der Waals surface area contributed by atoms with E-state index < -0.39 is 6.10 Å². The number of rotatable bonds is 8. The number of ether oxygens (including phenoxy) is 1. The van der Waals surface area contributed by atoms with Crippen molar-refractivity contribution in [1.29, 1.82) is 0 Å². The number of hydrogen-bond acceptors (Lipinski definition) is 3. The molecule has 4 heteroatoms. The van der Waals surface area contributed by atoms with Crippen LogP contribution >= 0.6 is 0 Å². The highest BCUT2D eigenvalue weighted by Crippen LogP contribution is 2.18. The van der Waals surface area contributed by atoms with Crippen LogP contribution in [-0.2, 0) is 4.79 Å². The zero-order chi connectivity index (χ0) is 16.5. The van der Waals surface area contributed by atoms with Crippen LogP contribution in [-0.4, -0.2) is 43.1 Å². The molecule has 23 heavy (non-hydrogen) atoms. The molecular formula is C19H30N2O2. The van der Waals surface area contributed by atoms with Crippen molar-refractivity contribution in [3.8, 4) is 5.75 Å². The van der Waals surface area contributed by atoms with Crippen LogP contribution in [0.25, 0.3) is 0 Å². The number of nitrogens with zero attached hydrogens (tertiary/aromatic N) is 1. The third-order valence-corrected chi connectivity index (χ3v) is 4.43. The van der Waals surface area contributed by atoms with Gasteiger partial charge in [-0.25, -0.2) is 0 Å². The van der Waals surface area contributed by atoms with Crippen molar-refractivity contribution in [2.75, 3.05) is 26.2 Å². The second-order valence-corrected chi connectivity index (χ2v) is 6.33. The number of piperidine rings is 1. The minimum atomic E-state index is -0.411. The SMILES string of the molecule is CCC(Oc1ccccc1C)C(=O)NCCCN1CCCCC1. The molecule has 0 aliphatic carbocycles. The number of amides is 1. The van der Waals surface area contributed by atoms with Gasteiger partial charge in [-0.1, -0.05) is 31.5 Å². The van der Waals surface area contributed by atoms with Gasteiger partial charge in [-0.3, -0.25) is 4.79 Å². The predicted octanol–water partition coefficient (Wildman–Crippen LogP) is 3.14. The smallest absolute Gasteiger partial charge is 0.261 e. The van der Waals surface area contributed by atoms with Gasteiger partial charge in [0.2, 0.25) is 0 Å². The van der Waals surface area contributed by atoms with Gasteiger partial charge in [0.25, 0.3) is 5.91 Å².